The second-order valence-electron chi connectivity index (χ2n) is 4.19. The summed E-state index contributed by atoms with van der Waals surface area (Å²) < 4.78 is 0. The number of benzene rings is 1. The molecule has 0 fully saturated rings. The number of thiophene rings is 1. The van der Waals surface area contributed by atoms with Crippen LogP contribution >= 0.6 is 11.3 Å². The van der Waals surface area contributed by atoms with Crippen molar-refractivity contribution in [2.24, 2.45) is 0 Å². The van der Waals surface area contributed by atoms with Gasteiger partial charge in [-0.25, -0.2) is 0 Å². The first-order chi connectivity index (χ1) is 8.63. The Hall–Kier alpha value is -1.92. The fourth-order valence-corrected chi connectivity index (χ4v) is 2.77. The second-order valence-corrected chi connectivity index (χ2v) is 5.44. The highest BCUT2D eigenvalue weighted by atomic mass is 32.1. The van der Waals surface area contributed by atoms with Crippen LogP contribution in [0.25, 0.3) is 0 Å². The molecule has 1 aromatic heterocycles. The van der Waals surface area contributed by atoms with Crippen molar-refractivity contribution in [3.05, 3.63) is 57.3 Å². The van der Waals surface area contributed by atoms with Gasteiger partial charge in [-0.15, -0.1) is 11.3 Å². The van der Waals surface area contributed by atoms with Crippen LogP contribution in [-0.2, 0) is 0 Å². The molecular formula is C15H13NOS. The van der Waals surface area contributed by atoms with E-state index in [0.717, 1.165) is 16.0 Å². The zero-order chi connectivity index (χ0) is 13.1. The first-order valence-electron chi connectivity index (χ1n) is 5.69. The first-order valence-corrected chi connectivity index (χ1v) is 6.51. The van der Waals surface area contributed by atoms with Crippen molar-refractivity contribution in [1.82, 2.24) is 0 Å². The second kappa shape index (κ2) is 5.16. The fraction of sp³-hybridized carbons (Fsp3) is 0.200. The summed E-state index contributed by atoms with van der Waals surface area (Å²) in [6, 6.07) is 13.2. The van der Waals surface area contributed by atoms with Crippen molar-refractivity contribution in [3.63, 3.8) is 0 Å². The minimum atomic E-state index is -0.705. The lowest BCUT2D eigenvalue weighted by atomic mass is 9.95. The van der Waals surface area contributed by atoms with E-state index in [1.165, 1.54) is 11.3 Å². The van der Waals surface area contributed by atoms with Gasteiger partial charge in [-0.3, -0.25) is 4.79 Å². The summed E-state index contributed by atoms with van der Waals surface area (Å²) in [7, 11) is 0. The fourth-order valence-electron chi connectivity index (χ4n) is 1.77. The van der Waals surface area contributed by atoms with Crippen molar-refractivity contribution in [1.29, 1.82) is 5.26 Å². The molecule has 1 aromatic carbocycles. The Bertz CT molecular complexity index is 588. The summed E-state index contributed by atoms with van der Waals surface area (Å²) in [5.41, 5.74) is 1.86. The lowest BCUT2D eigenvalue weighted by Crippen LogP contribution is -2.09. The Morgan fingerprint density at radius 1 is 1.28 bits per heavy atom. The summed E-state index contributed by atoms with van der Waals surface area (Å²) in [4.78, 5) is 14.1. The molecule has 0 aliphatic carbocycles. The molecule has 1 heterocycles. The minimum absolute atomic E-state index is 0.107. The molecule has 1 unspecified atom stereocenters. The third kappa shape index (κ3) is 2.34. The molecule has 2 nitrogen and oxygen atoms in total. The van der Waals surface area contributed by atoms with Gasteiger partial charge in [0.2, 0.25) is 0 Å². The van der Waals surface area contributed by atoms with Crippen LogP contribution in [0, 0.1) is 25.2 Å². The van der Waals surface area contributed by atoms with Crippen molar-refractivity contribution in [2.45, 2.75) is 19.8 Å². The third-order valence-corrected chi connectivity index (χ3v) is 4.10. The molecule has 18 heavy (non-hydrogen) atoms. The molecule has 0 aliphatic rings. The number of nitrogens with zero attached hydrogens (tertiary/aromatic N) is 1. The maximum absolute atomic E-state index is 12.3. The normalized spacial score (nSPS) is 11.8. The van der Waals surface area contributed by atoms with Crippen LogP contribution in [0.2, 0.25) is 0 Å². The molecule has 90 valence electrons. The van der Waals surface area contributed by atoms with Crippen LogP contribution < -0.4 is 0 Å². The Labute approximate surface area is 111 Å². The van der Waals surface area contributed by atoms with Crippen LogP contribution in [0.4, 0.5) is 0 Å². The third-order valence-electron chi connectivity index (χ3n) is 2.93. The van der Waals surface area contributed by atoms with Crippen molar-refractivity contribution < 1.29 is 4.79 Å². The first kappa shape index (κ1) is 12.5. The van der Waals surface area contributed by atoms with E-state index in [9.17, 15) is 10.1 Å². The van der Waals surface area contributed by atoms with Gasteiger partial charge in [0.25, 0.3) is 0 Å². The van der Waals surface area contributed by atoms with Crippen LogP contribution in [-0.4, -0.2) is 5.78 Å². The zero-order valence-electron chi connectivity index (χ0n) is 10.3. The minimum Gasteiger partial charge on any atom is -0.291 e. The van der Waals surface area contributed by atoms with Crippen molar-refractivity contribution in [3.8, 4) is 6.07 Å². The highest BCUT2D eigenvalue weighted by molar-refractivity contribution is 7.14. The van der Waals surface area contributed by atoms with Gasteiger partial charge in [0, 0.05) is 4.88 Å². The number of hydrogen-bond donors (Lipinski definition) is 0. The molecule has 0 amide bonds. The molecule has 0 N–H and O–H groups in total. The number of rotatable bonds is 3. The summed E-state index contributed by atoms with van der Waals surface area (Å²) >= 11 is 1.46. The smallest absolute Gasteiger partial charge is 0.194 e. The standard InChI is InChI=1S/C15H13NOS/c1-10-8-14(18-11(10)2)15(17)13(9-16)12-6-4-3-5-7-12/h3-8,13H,1-2H3. The highest BCUT2D eigenvalue weighted by Crippen LogP contribution is 2.27. The Kier molecular flexibility index (Phi) is 3.59. The average molecular weight is 255 g/mol. The highest BCUT2D eigenvalue weighted by Gasteiger charge is 2.23. The van der Waals surface area contributed by atoms with E-state index in [1.54, 1.807) is 0 Å². The summed E-state index contributed by atoms with van der Waals surface area (Å²) in [5, 5.41) is 9.22. The number of hydrogen-bond acceptors (Lipinski definition) is 3. The van der Waals surface area contributed by atoms with Gasteiger partial charge in [0.1, 0.15) is 5.92 Å². The number of ketones is 1. The number of nitriles is 1. The van der Waals surface area contributed by atoms with E-state index in [2.05, 4.69) is 6.07 Å². The average Bonchev–Trinajstić information content (AvgIpc) is 2.72. The zero-order valence-corrected chi connectivity index (χ0v) is 11.1. The summed E-state index contributed by atoms with van der Waals surface area (Å²) in [6.45, 7) is 3.97. The topological polar surface area (TPSA) is 40.9 Å². The van der Waals surface area contributed by atoms with Crippen LogP contribution in [0.5, 0.6) is 0 Å². The SMILES string of the molecule is Cc1cc(C(=O)C(C#N)c2ccccc2)sc1C. The number of carbonyl (C=O) groups is 1. The number of carbonyl (C=O) groups excluding carboxylic acids is 1. The molecule has 0 aliphatic heterocycles. The van der Waals surface area contributed by atoms with Gasteiger partial charge >= 0.3 is 0 Å². The van der Waals surface area contributed by atoms with Gasteiger partial charge in [0.15, 0.2) is 5.78 Å². The van der Waals surface area contributed by atoms with Gasteiger partial charge in [-0.1, -0.05) is 30.3 Å². The molecule has 0 radical (unpaired) electrons. The Morgan fingerprint density at radius 2 is 1.94 bits per heavy atom. The van der Waals surface area contributed by atoms with E-state index in [-0.39, 0.29) is 5.78 Å². The summed E-state index contributed by atoms with van der Waals surface area (Å²) in [5.74, 6) is -0.812. The van der Waals surface area contributed by atoms with Crippen LogP contribution in [0.15, 0.2) is 36.4 Å². The maximum atomic E-state index is 12.3. The van der Waals surface area contributed by atoms with Crippen molar-refractivity contribution in [2.75, 3.05) is 0 Å². The van der Waals surface area contributed by atoms with E-state index in [1.807, 2.05) is 50.2 Å². The molecular weight excluding hydrogens is 242 g/mol. The van der Waals surface area contributed by atoms with Crippen LogP contribution in [0.3, 0.4) is 0 Å². The molecule has 0 bridgehead atoms. The van der Waals surface area contributed by atoms with Gasteiger partial charge in [0.05, 0.1) is 10.9 Å². The van der Waals surface area contributed by atoms with E-state index < -0.39 is 5.92 Å². The molecule has 1 atom stereocenters. The van der Waals surface area contributed by atoms with Crippen molar-refractivity contribution >= 4 is 17.1 Å². The lowest BCUT2D eigenvalue weighted by molar-refractivity contribution is 0.0982. The Balaban J connectivity index is 2.35. The molecule has 0 saturated carbocycles. The van der Waals surface area contributed by atoms with E-state index >= 15 is 0 Å². The quantitative estimate of drug-likeness (QED) is 0.781. The molecule has 2 aromatic rings. The van der Waals surface area contributed by atoms with Gasteiger partial charge < -0.3 is 0 Å². The van der Waals surface area contributed by atoms with Crippen LogP contribution in [0.1, 0.15) is 31.6 Å². The maximum Gasteiger partial charge on any atom is 0.194 e. The monoisotopic (exact) mass is 255 g/mol. The Morgan fingerprint density at radius 3 is 2.44 bits per heavy atom. The van der Waals surface area contributed by atoms with Gasteiger partial charge in [-0.2, -0.15) is 5.26 Å². The number of Topliss-reactive ketones (excluding diaryl/α,β-unsaturated/α-hetero) is 1. The predicted octanol–water partition coefficient (Wildman–Crippen LogP) is 3.86. The van der Waals surface area contributed by atoms with Gasteiger partial charge in [-0.05, 0) is 31.0 Å². The molecule has 0 saturated heterocycles. The number of aryl methyl sites for hydroxylation is 2. The van der Waals surface area contributed by atoms with E-state index in [0.29, 0.717) is 4.88 Å². The molecule has 3 heteroatoms. The summed E-state index contributed by atoms with van der Waals surface area (Å²) in [6.07, 6.45) is 0. The lowest BCUT2D eigenvalue weighted by Gasteiger charge is -2.06. The van der Waals surface area contributed by atoms with E-state index in [4.69, 9.17) is 0 Å². The largest absolute Gasteiger partial charge is 0.291 e. The molecule has 0 spiro atoms. The molecule has 2 rings (SSSR count). The predicted molar refractivity (Wildman–Crippen MR) is 72.9 cm³/mol.